The molecular formula is C21H15F4N3O2S. The van der Waals surface area contributed by atoms with Crippen LogP contribution in [-0.2, 0) is 16.0 Å². The second-order valence-electron chi connectivity index (χ2n) is 6.96. The van der Waals surface area contributed by atoms with Crippen LogP contribution in [0.2, 0.25) is 0 Å². The third kappa shape index (κ3) is 4.43. The van der Waals surface area contributed by atoms with Crippen molar-refractivity contribution in [2.75, 3.05) is 16.8 Å². The summed E-state index contributed by atoms with van der Waals surface area (Å²) in [5, 5.41) is 2.81. The molecule has 3 aromatic rings. The monoisotopic (exact) mass is 449 g/mol. The van der Waals surface area contributed by atoms with Crippen molar-refractivity contribution < 1.29 is 27.2 Å². The van der Waals surface area contributed by atoms with E-state index in [1.54, 1.807) is 0 Å². The van der Waals surface area contributed by atoms with Crippen molar-refractivity contribution in [3.05, 3.63) is 76.3 Å². The summed E-state index contributed by atoms with van der Waals surface area (Å²) >= 11 is 1.11. The summed E-state index contributed by atoms with van der Waals surface area (Å²) in [6.07, 6.45) is 1.85. The molecule has 1 aromatic heterocycles. The Bertz CT molecular complexity index is 1170. The van der Waals surface area contributed by atoms with Crippen LogP contribution in [0.1, 0.15) is 16.9 Å². The summed E-state index contributed by atoms with van der Waals surface area (Å²) in [4.78, 5) is 31.1. The smallest absolute Gasteiger partial charge is 0.239 e. The zero-order valence-corrected chi connectivity index (χ0v) is 16.7. The molecular weight excluding hydrogens is 434 g/mol. The predicted octanol–water partition coefficient (Wildman–Crippen LogP) is 4.28. The van der Waals surface area contributed by atoms with E-state index >= 15 is 0 Å². The number of rotatable bonds is 5. The van der Waals surface area contributed by atoms with Crippen molar-refractivity contribution in [1.29, 1.82) is 0 Å². The fourth-order valence-electron chi connectivity index (χ4n) is 3.32. The third-order valence-electron chi connectivity index (χ3n) is 4.90. The number of carbonyl (C=O) groups is 2. The first-order valence-corrected chi connectivity index (χ1v) is 10.1. The Morgan fingerprint density at radius 2 is 1.90 bits per heavy atom. The van der Waals surface area contributed by atoms with E-state index in [0.29, 0.717) is 4.88 Å². The van der Waals surface area contributed by atoms with Crippen molar-refractivity contribution in [2.45, 2.75) is 12.8 Å². The lowest BCUT2D eigenvalue weighted by Crippen LogP contribution is -2.33. The molecule has 2 aromatic carbocycles. The quantitative estimate of drug-likeness (QED) is 0.467. The predicted molar refractivity (Wildman–Crippen MR) is 107 cm³/mol. The fraction of sp³-hybridized carbons (Fsp3) is 0.190. The molecule has 0 aliphatic carbocycles. The van der Waals surface area contributed by atoms with E-state index in [0.717, 1.165) is 35.6 Å². The summed E-state index contributed by atoms with van der Waals surface area (Å²) in [5.41, 5.74) is 0.466. The number of benzene rings is 2. The summed E-state index contributed by atoms with van der Waals surface area (Å²) in [6, 6.07) is 6.41. The number of anilines is 2. The SMILES string of the molecule is O=C(Nc1ncc(Cc2ccc(F)cc2F)s1)C1CCN(c2ccc(F)c(F)c2)C1=O. The van der Waals surface area contributed by atoms with E-state index in [1.807, 2.05) is 0 Å². The minimum atomic E-state index is -1.08. The molecule has 1 atom stereocenters. The van der Waals surface area contributed by atoms with Gasteiger partial charge in [0.2, 0.25) is 11.8 Å². The standard InChI is InChI=1S/C21H15F4N3O2S/c22-12-2-1-11(17(24)8-12)7-14-10-26-21(31-14)27-19(29)15-5-6-28(20(15)30)13-3-4-16(23)18(25)9-13/h1-4,8-10,15H,5-7H2,(H,26,27,29). The Morgan fingerprint density at radius 3 is 2.65 bits per heavy atom. The number of thiazole rings is 1. The molecule has 0 saturated carbocycles. The van der Waals surface area contributed by atoms with Gasteiger partial charge in [-0.1, -0.05) is 6.07 Å². The van der Waals surface area contributed by atoms with Gasteiger partial charge in [0, 0.05) is 41.9 Å². The molecule has 1 N–H and O–H groups in total. The number of amides is 2. The minimum Gasteiger partial charge on any atom is -0.312 e. The molecule has 4 rings (SSSR count). The van der Waals surface area contributed by atoms with Crippen LogP contribution in [0.5, 0.6) is 0 Å². The van der Waals surface area contributed by atoms with Gasteiger partial charge >= 0.3 is 0 Å². The van der Waals surface area contributed by atoms with Crippen LogP contribution in [0.3, 0.4) is 0 Å². The van der Waals surface area contributed by atoms with Crippen LogP contribution in [0.4, 0.5) is 28.4 Å². The molecule has 1 aliphatic rings. The molecule has 2 heterocycles. The van der Waals surface area contributed by atoms with E-state index in [2.05, 4.69) is 10.3 Å². The van der Waals surface area contributed by atoms with Gasteiger partial charge in [-0.05, 0) is 30.2 Å². The maximum absolute atomic E-state index is 13.8. The fourth-order valence-corrected chi connectivity index (χ4v) is 4.16. The van der Waals surface area contributed by atoms with Gasteiger partial charge in [0.25, 0.3) is 0 Å². The van der Waals surface area contributed by atoms with Crippen molar-refractivity contribution in [3.63, 3.8) is 0 Å². The maximum atomic E-state index is 13.8. The molecule has 31 heavy (non-hydrogen) atoms. The van der Waals surface area contributed by atoms with E-state index < -0.39 is 41.0 Å². The summed E-state index contributed by atoms with van der Waals surface area (Å²) in [6.45, 7) is 0.189. The van der Waals surface area contributed by atoms with Crippen LogP contribution in [-0.4, -0.2) is 23.3 Å². The van der Waals surface area contributed by atoms with Gasteiger partial charge in [0.15, 0.2) is 16.8 Å². The second-order valence-corrected chi connectivity index (χ2v) is 8.08. The lowest BCUT2D eigenvalue weighted by atomic mass is 10.1. The van der Waals surface area contributed by atoms with Crippen molar-refractivity contribution in [2.24, 2.45) is 5.92 Å². The maximum Gasteiger partial charge on any atom is 0.239 e. The Labute approximate surface area is 178 Å². The normalized spacial score (nSPS) is 16.1. The second kappa shape index (κ2) is 8.46. The highest BCUT2D eigenvalue weighted by Gasteiger charge is 2.38. The minimum absolute atomic E-state index is 0.173. The first-order chi connectivity index (χ1) is 14.8. The number of nitrogens with zero attached hydrogens (tertiary/aromatic N) is 2. The van der Waals surface area contributed by atoms with E-state index in [1.165, 1.54) is 23.2 Å². The Hall–Kier alpha value is -3.27. The molecule has 0 bridgehead atoms. The average Bonchev–Trinajstić information content (AvgIpc) is 3.32. The van der Waals surface area contributed by atoms with Crippen LogP contribution in [0.25, 0.3) is 0 Å². The molecule has 1 unspecified atom stereocenters. The van der Waals surface area contributed by atoms with Gasteiger partial charge in [-0.3, -0.25) is 9.59 Å². The van der Waals surface area contributed by atoms with Gasteiger partial charge in [-0.15, -0.1) is 11.3 Å². The number of halogens is 4. The number of hydrogen-bond acceptors (Lipinski definition) is 4. The largest absolute Gasteiger partial charge is 0.312 e. The topological polar surface area (TPSA) is 62.3 Å². The summed E-state index contributed by atoms with van der Waals surface area (Å²) in [5.74, 6) is -5.52. The van der Waals surface area contributed by atoms with Crippen LogP contribution >= 0.6 is 11.3 Å². The Morgan fingerprint density at radius 1 is 1.10 bits per heavy atom. The zero-order chi connectivity index (χ0) is 22.1. The number of carbonyl (C=O) groups excluding carboxylic acids is 2. The summed E-state index contributed by atoms with van der Waals surface area (Å²) in [7, 11) is 0. The highest BCUT2D eigenvalue weighted by molar-refractivity contribution is 7.15. The van der Waals surface area contributed by atoms with Gasteiger partial charge in [0.1, 0.15) is 17.6 Å². The van der Waals surface area contributed by atoms with Gasteiger partial charge in [-0.25, -0.2) is 22.5 Å². The molecule has 1 fully saturated rings. The van der Waals surface area contributed by atoms with E-state index in [9.17, 15) is 27.2 Å². The zero-order valence-electron chi connectivity index (χ0n) is 15.9. The first kappa shape index (κ1) is 21.0. The molecule has 1 saturated heterocycles. The molecule has 2 amide bonds. The molecule has 5 nitrogen and oxygen atoms in total. The number of nitrogens with one attached hydrogen (secondary N) is 1. The van der Waals surface area contributed by atoms with Crippen molar-refractivity contribution in [3.8, 4) is 0 Å². The van der Waals surface area contributed by atoms with E-state index in [-0.39, 0.29) is 35.8 Å². The Balaban J connectivity index is 1.41. The molecule has 0 radical (unpaired) electrons. The van der Waals surface area contributed by atoms with Crippen LogP contribution < -0.4 is 10.2 Å². The van der Waals surface area contributed by atoms with Crippen LogP contribution in [0, 0.1) is 29.2 Å². The molecule has 0 spiro atoms. The lowest BCUT2D eigenvalue weighted by Gasteiger charge is -2.16. The Kier molecular flexibility index (Phi) is 5.73. The highest BCUT2D eigenvalue weighted by atomic mass is 32.1. The molecule has 1 aliphatic heterocycles. The van der Waals surface area contributed by atoms with Gasteiger partial charge < -0.3 is 10.2 Å². The molecule has 160 valence electrons. The first-order valence-electron chi connectivity index (χ1n) is 9.28. The number of aromatic nitrogens is 1. The van der Waals surface area contributed by atoms with Gasteiger partial charge in [0.05, 0.1) is 0 Å². The highest BCUT2D eigenvalue weighted by Crippen LogP contribution is 2.28. The van der Waals surface area contributed by atoms with Gasteiger partial charge in [-0.2, -0.15) is 0 Å². The summed E-state index contributed by atoms with van der Waals surface area (Å²) < 4.78 is 53.4. The van der Waals surface area contributed by atoms with Crippen molar-refractivity contribution >= 4 is 34.0 Å². The number of hydrogen-bond donors (Lipinski definition) is 1. The van der Waals surface area contributed by atoms with E-state index in [4.69, 9.17) is 0 Å². The lowest BCUT2D eigenvalue weighted by molar-refractivity contribution is -0.129. The average molecular weight is 449 g/mol. The third-order valence-corrected chi connectivity index (χ3v) is 5.81. The molecule has 10 heteroatoms. The van der Waals surface area contributed by atoms with Crippen LogP contribution in [0.15, 0.2) is 42.6 Å². The van der Waals surface area contributed by atoms with Crippen molar-refractivity contribution in [1.82, 2.24) is 4.98 Å².